The molecule has 1 fully saturated rings. The van der Waals surface area contributed by atoms with E-state index in [0.717, 1.165) is 12.5 Å². The fraction of sp³-hybridized carbons (Fsp3) is 0.688. The maximum absolute atomic E-state index is 4.61. The molecule has 0 aromatic carbocycles. The highest BCUT2D eigenvalue weighted by atomic mass is 14.9. The van der Waals surface area contributed by atoms with Gasteiger partial charge in [0.25, 0.3) is 0 Å². The molecule has 1 atom stereocenters. The predicted molar refractivity (Wildman–Crippen MR) is 76.6 cm³/mol. The molecule has 0 aliphatic heterocycles. The Morgan fingerprint density at radius 3 is 2.78 bits per heavy atom. The van der Waals surface area contributed by atoms with E-state index in [9.17, 15) is 0 Å². The second kappa shape index (κ2) is 6.89. The van der Waals surface area contributed by atoms with Gasteiger partial charge < -0.3 is 5.32 Å². The van der Waals surface area contributed by atoms with Crippen LogP contribution in [0.1, 0.15) is 62.7 Å². The second-order valence-corrected chi connectivity index (χ2v) is 5.59. The lowest BCUT2D eigenvalue weighted by molar-refractivity contribution is 0.268. The third-order valence-corrected chi connectivity index (χ3v) is 3.99. The topological polar surface area (TPSA) is 24.9 Å². The minimum absolute atomic E-state index is 0.463. The van der Waals surface area contributed by atoms with Gasteiger partial charge in [0.15, 0.2) is 0 Å². The van der Waals surface area contributed by atoms with Crippen molar-refractivity contribution in [2.45, 2.75) is 58.4 Å². The van der Waals surface area contributed by atoms with Gasteiger partial charge in [0, 0.05) is 6.20 Å². The fourth-order valence-corrected chi connectivity index (χ4v) is 3.01. The van der Waals surface area contributed by atoms with Crippen LogP contribution in [0.4, 0.5) is 0 Å². The Labute approximate surface area is 111 Å². The lowest BCUT2D eigenvalue weighted by Gasteiger charge is -2.31. The average Bonchev–Trinajstić information content (AvgIpc) is 2.40. The molecule has 100 valence electrons. The molecule has 1 saturated carbocycles. The number of nitrogens with zero attached hydrogens (tertiary/aromatic N) is 1. The Kier molecular flexibility index (Phi) is 5.18. The Bertz CT molecular complexity index is 356. The number of rotatable bonds is 5. The van der Waals surface area contributed by atoms with Crippen LogP contribution in [0.3, 0.4) is 0 Å². The van der Waals surface area contributed by atoms with Crippen molar-refractivity contribution in [3.8, 4) is 0 Å². The zero-order chi connectivity index (χ0) is 12.8. The van der Waals surface area contributed by atoms with Crippen molar-refractivity contribution in [3.63, 3.8) is 0 Å². The highest BCUT2D eigenvalue weighted by Crippen LogP contribution is 2.33. The lowest BCUT2D eigenvalue weighted by Crippen LogP contribution is -2.31. The molecule has 1 aromatic heterocycles. The van der Waals surface area contributed by atoms with Crippen LogP contribution < -0.4 is 5.32 Å². The standard InChI is InChI=1S/C16H26N2/c1-3-10-18-16(14-7-5-4-6-8-14)15-12-13(2)9-11-17-15/h9,11-12,14,16,18H,3-8,10H2,1-2H3. The van der Waals surface area contributed by atoms with Crippen LogP contribution in [0.15, 0.2) is 18.3 Å². The highest BCUT2D eigenvalue weighted by molar-refractivity contribution is 5.18. The molecule has 0 spiro atoms. The summed E-state index contributed by atoms with van der Waals surface area (Å²) in [6, 6.07) is 4.80. The van der Waals surface area contributed by atoms with Crippen molar-refractivity contribution in [2.75, 3.05) is 6.54 Å². The molecule has 0 saturated heterocycles. The lowest BCUT2D eigenvalue weighted by atomic mass is 9.82. The van der Waals surface area contributed by atoms with E-state index in [0.29, 0.717) is 6.04 Å². The van der Waals surface area contributed by atoms with Crippen LogP contribution in [-0.2, 0) is 0 Å². The zero-order valence-electron chi connectivity index (χ0n) is 11.8. The summed E-state index contributed by atoms with van der Waals surface area (Å²) in [6.45, 7) is 5.48. The molecule has 1 aliphatic carbocycles. The average molecular weight is 246 g/mol. The smallest absolute Gasteiger partial charge is 0.0578 e. The molecule has 18 heavy (non-hydrogen) atoms. The Balaban J connectivity index is 2.12. The summed E-state index contributed by atoms with van der Waals surface area (Å²) >= 11 is 0. The second-order valence-electron chi connectivity index (χ2n) is 5.59. The van der Waals surface area contributed by atoms with E-state index in [1.54, 1.807) is 0 Å². The van der Waals surface area contributed by atoms with Gasteiger partial charge in [0.2, 0.25) is 0 Å². The first kappa shape index (κ1) is 13.5. The number of hydrogen-bond acceptors (Lipinski definition) is 2. The van der Waals surface area contributed by atoms with E-state index in [-0.39, 0.29) is 0 Å². The molecule has 1 N–H and O–H groups in total. The molecule has 2 rings (SSSR count). The van der Waals surface area contributed by atoms with Gasteiger partial charge in [-0.3, -0.25) is 4.98 Å². The molecule has 2 heteroatoms. The summed E-state index contributed by atoms with van der Waals surface area (Å²) in [5.41, 5.74) is 2.56. The molecule has 1 aromatic rings. The SMILES string of the molecule is CCCNC(c1cc(C)ccn1)C1CCCCC1. The van der Waals surface area contributed by atoms with E-state index in [4.69, 9.17) is 0 Å². The van der Waals surface area contributed by atoms with Crippen LogP contribution >= 0.6 is 0 Å². The van der Waals surface area contributed by atoms with Gasteiger partial charge in [0.1, 0.15) is 0 Å². The Morgan fingerprint density at radius 1 is 1.33 bits per heavy atom. The summed E-state index contributed by atoms with van der Waals surface area (Å²) in [7, 11) is 0. The van der Waals surface area contributed by atoms with Crippen molar-refractivity contribution in [3.05, 3.63) is 29.6 Å². The molecule has 2 nitrogen and oxygen atoms in total. The van der Waals surface area contributed by atoms with Crippen LogP contribution in [0, 0.1) is 12.8 Å². The Morgan fingerprint density at radius 2 is 2.11 bits per heavy atom. The van der Waals surface area contributed by atoms with E-state index in [1.807, 2.05) is 6.20 Å². The van der Waals surface area contributed by atoms with Gasteiger partial charge in [0.05, 0.1) is 11.7 Å². The van der Waals surface area contributed by atoms with Gasteiger partial charge >= 0.3 is 0 Å². The number of aryl methyl sites for hydroxylation is 1. The molecule has 0 amide bonds. The van der Waals surface area contributed by atoms with Crippen LogP contribution in [0.2, 0.25) is 0 Å². The maximum Gasteiger partial charge on any atom is 0.0578 e. The number of hydrogen-bond donors (Lipinski definition) is 1. The summed E-state index contributed by atoms with van der Waals surface area (Å²) in [6.07, 6.45) is 10.1. The van der Waals surface area contributed by atoms with Gasteiger partial charge in [-0.2, -0.15) is 0 Å². The molecule has 0 radical (unpaired) electrons. The molecule has 0 bridgehead atoms. The van der Waals surface area contributed by atoms with Crippen molar-refractivity contribution >= 4 is 0 Å². The first-order valence-electron chi connectivity index (χ1n) is 7.47. The van der Waals surface area contributed by atoms with Gasteiger partial charge in [-0.1, -0.05) is 26.2 Å². The number of pyridine rings is 1. The van der Waals surface area contributed by atoms with Crippen molar-refractivity contribution < 1.29 is 0 Å². The monoisotopic (exact) mass is 246 g/mol. The summed E-state index contributed by atoms with van der Waals surface area (Å²) in [5, 5.41) is 3.72. The van der Waals surface area contributed by atoms with Crippen molar-refractivity contribution in [1.82, 2.24) is 10.3 Å². The Hall–Kier alpha value is -0.890. The molecular weight excluding hydrogens is 220 g/mol. The number of aromatic nitrogens is 1. The van der Waals surface area contributed by atoms with Crippen LogP contribution in [0.5, 0.6) is 0 Å². The van der Waals surface area contributed by atoms with Crippen LogP contribution in [0.25, 0.3) is 0 Å². The van der Waals surface area contributed by atoms with Crippen LogP contribution in [-0.4, -0.2) is 11.5 Å². The first-order valence-corrected chi connectivity index (χ1v) is 7.47. The third-order valence-electron chi connectivity index (χ3n) is 3.99. The molecule has 1 heterocycles. The predicted octanol–water partition coefficient (Wildman–Crippen LogP) is 4.01. The first-order chi connectivity index (χ1) is 8.81. The third kappa shape index (κ3) is 3.55. The van der Waals surface area contributed by atoms with Gasteiger partial charge in [-0.05, 0) is 56.3 Å². The molecule has 1 unspecified atom stereocenters. The quantitative estimate of drug-likeness (QED) is 0.849. The molecular formula is C16H26N2. The minimum atomic E-state index is 0.463. The zero-order valence-corrected chi connectivity index (χ0v) is 11.8. The normalized spacial score (nSPS) is 18.8. The van der Waals surface area contributed by atoms with E-state index in [1.165, 1.54) is 49.8 Å². The number of nitrogens with one attached hydrogen (secondary N) is 1. The highest BCUT2D eigenvalue weighted by Gasteiger charge is 2.25. The largest absolute Gasteiger partial charge is 0.308 e. The van der Waals surface area contributed by atoms with E-state index >= 15 is 0 Å². The molecule has 1 aliphatic rings. The minimum Gasteiger partial charge on any atom is -0.308 e. The van der Waals surface area contributed by atoms with Crippen molar-refractivity contribution in [1.29, 1.82) is 0 Å². The van der Waals surface area contributed by atoms with Gasteiger partial charge in [-0.25, -0.2) is 0 Å². The summed E-state index contributed by atoms with van der Waals surface area (Å²) < 4.78 is 0. The van der Waals surface area contributed by atoms with E-state index < -0.39 is 0 Å². The van der Waals surface area contributed by atoms with Crippen molar-refractivity contribution in [2.24, 2.45) is 5.92 Å². The van der Waals surface area contributed by atoms with Gasteiger partial charge in [-0.15, -0.1) is 0 Å². The summed E-state index contributed by atoms with van der Waals surface area (Å²) in [4.78, 5) is 4.61. The fourth-order valence-electron chi connectivity index (χ4n) is 3.01. The maximum atomic E-state index is 4.61. The van der Waals surface area contributed by atoms with E-state index in [2.05, 4.69) is 36.3 Å². The summed E-state index contributed by atoms with van der Waals surface area (Å²) in [5.74, 6) is 0.777.